The topological polar surface area (TPSA) is 288 Å². The second kappa shape index (κ2) is 30.7. The highest BCUT2D eigenvalue weighted by Crippen LogP contribution is 2.44. The van der Waals surface area contributed by atoms with Gasteiger partial charge < -0.3 is 33.4 Å². The zero-order valence-corrected chi connectivity index (χ0v) is 63.3. The Morgan fingerprint density at radius 2 is 0.964 bits per heavy atom. The Morgan fingerprint density at radius 3 is 1.47 bits per heavy atom. The maximum Gasteiger partial charge on any atom is 0.417 e. The molecule has 0 amide bonds. The Hall–Kier alpha value is -11.1. The van der Waals surface area contributed by atoms with Crippen LogP contribution in [0, 0.1) is 11.6 Å². The molecule has 32 heteroatoms. The van der Waals surface area contributed by atoms with Crippen molar-refractivity contribution >= 4 is 63.0 Å². The molecule has 0 saturated heterocycles. The van der Waals surface area contributed by atoms with Gasteiger partial charge in [-0.2, -0.15) is 13.2 Å². The number of aromatic amines is 1. The standard InChI is InChI=1S/C78H76F5N9O15S3/c1-9-88-59-34-51(54-17-11-12-20-57(54)79)40-85-73(59)91(76(88)94)62(43-109(7,98)99)48-22-27-66(104-5)69(37-48)107-32-30-46-16-14-19-56(71(46)80)52-35-60-74(86-41-52)92(77(95)89(60)53-24-25-53)63(44-110(8,100)101)49-23-28-65(103-4)68(38-49)106-31-29-45-15-13-18-55(70(45)78(81,82)83)50-33-58-72(84-39-50)90(75(93)87-58)61(42-108(6,96)97)47-21-26-64(102-3)67(36-47)105-10-2/h11-23,26-28,33-41,53,61-63H,9-10,24-25,29-32,42-44H2,1-8H3,(H,87,93)/t61-,62-,63-/m0/s1. The van der Waals surface area contributed by atoms with Crippen molar-refractivity contribution in [1.82, 2.24) is 42.8 Å². The first kappa shape index (κ1) is 77.1. The van der Waals surface area contributed by atoms with Gasteiger partial charge in [0.15, 0.2) is 51.4 Å². The summed E-state index contributed by atoms with van der Waals surface area (Å²) in [5.41, 5.74) is -0.436. The van der Waals surface area contributed by atoms with Gasteiger partial charge in [0.05, 0.1) is 98.6 Å². The van der Waals surface area contributed by atoms with E-state index in [9.17, 15) is 39.2 Å². The lowest BCUT2D eigenvalue weighted by molar-refractivity contribution is -0.137. The van der Waals surface area contributed by atoms with Gasteiger partial charge >= 0.3 is 23.2 Å². The number of pyridine rings is 3. The predicted octanol–water partition coefficient (Wildman–Crippen LogP) is 12.0. The van der Waals surface area contributed by atoms with Crippen LogP contribution in [0.4, 0.5) is 22.0 Å². The normalized spacial score (nSPS) is 13.8. The molecule has 6 aromatic heterocycles. The highest BCUT2D eigenvalue weighted by atomic mass is 32.2. The first-order chi connectivity index (χ1) is 52.4. The van der Waals surface area contributed by atoms with Crippen LogP contribution in [-0.2, 0) is 55.1 Å². The van der Waals surface area contributed by atoms with Gasteiger partial charge in [0.25, 0.3) is 0 Å². The number of benzene rings is 6. The quantitative estimate of drug-likeness (QED) is 0.0409. The largest absolute Gasteiger partial charge is 0.493 e. The SMILES string of the molecule is CCOc1cc([C@H](CS(C)(=O)=O)n2c(=O)[nH]c3cc(-c4cccc(CCOc5cc([C@H](CS(C)(=O)=O)n6c(=O)n(C7CC7)c7cc(-c8cccc(CCOc9cc([C@H](CS(C)(=O)=O)n%10c(=O)n(CC)c%11cc(-c%12ccccc%12F)cnc%11%10)ccc9OC)c8F)cnc76)ccc5OC)c4C(F)(F)F)cnc32)ccc1OC. The van der Waals surface area contributed by atoms with Crippen molar-refractivity contribution in [3.63, 3.8) is 0 Å². The van der Waals surface area contributed by atoms with Gasteiger partial charge in [-0.05, 0) is 121 Å². The number of fused-ring (bicyclic) bond motifs is 3. The molecule has 1 N–H and O–H groups in total. The number of methoxy groups -OCH3 is 3. The van der Waals surface area contributed by atoms with Crippen molar-refractivity contribution in [2.45, 2.75) is 76.4 Å². The number of hydrogen-bond donors (Lipinski definition) is 1. The molecular weight excluding hydrogens is 1490 g/mol. The Labute approximate surface area is 628 Å². The molecule has 0 spiro atoms. The fourth-order valence-electron chi connectivity index (χ4n) is 14.2. The summed E-state index contributed by atoms with van der Waals surface area (Å²) < 4.78 is 200. The molecule has 12 aromatic rings. The van der Waals surface area contributed by atoms with Gasteiger partial charge in [0.1, 0.15) is 41.1 Å². The van der Waals surface area contributed by atoms with Gasteiger partial charge in [0, 0.05) is 90.6 Å². The summed E-state index contributed by atoms with van der Waals surface area (Å²) in [6.07, 6.45) is 2.88. The van der Waals surface area contributed by atoms with Crippen molar-refractivity contribution in [2.24, 2.45) is 0 Å². The number of aromatic nitrogens is 9. The lowest BCUT2D eigenvalue weighted by Crippen LogP contribution is -2.31. The zero-order valence-electron chi connectivity index (χ0n) is 60.8. The number of halogens is 5. The summed E-state index contributed by atoms with van der Waals surface area (Å²) in [6, 6.07) is 29.4. The highest BCUT2D eigenvalue weighted by molar-refractivity contribution is 7.91. The number of sulfone groups is 3. The fourth-order valence-corrected chi connectivity index (χ4v) is 16.9. The van der Waals surface area contributed by atoms with Crippen LogP contribution in [0.25, 0.3) is 66.9 Å². The smallest absolute Gasteiger partial charge is 0.417 e. The number of nitrogens with zero attached hydrogens (tertiary/aromatic N) is 8. The molecule has 24 nitrogen and oxygen atoms in total. The number of alkyl halides is 3. The van der Waals surface area contributed by atoms with Gasteiger partial charge in [-0.15, -0.1) is 0 Å². The number of imidazole rings is 3. The first-order valence-electron chi connectivity index (χ1n) is 34.9. The summed E-state index contributed by atoms with van der Waals surface area (Å²) in [5, 5.41) is 0. The van der Waals surface area contributed by atoms with Gasteiger partial charge in [-0.25, -0.2) is 63.4 Å². The minimum absolute atomic E-state index is 0.00234. The predicted molar refractivity (Wildman–Crippen MR) is 406 cm³/mol. The Morgan fingerprint density at radius 1 is 0.509 bits per heavy atom. The number of hydrogen-bond acceptors (Lipinski definition) is 18. The second-order valence-electron chi connectivity index (χ2n) is 27.0. The molecule has 6 aromatic carbocycles. The highest BCUT2D eigenvalue weighted by Gasteiger charge is 2.38. The van der Waals surface area contributed by atoms with Gasteiger partial charge in [0.2, 0.25) is 0 Å². The third kappa shape index (κ3) is 15.9. The van der Waals surface area contributed by atoms with E-state index < -0.39 is 105 Å². The van der Waals surface area contributed by atoms with Crippen LogP contribution in [0.2, 0.25) is 0 Å². The summed E-state index contributed by atoms with van der Waals surface area (Å²) in [6.45, 7) is 3.39. The van der Waals surface area contributed by atoms with E-state index in [0.29, 0.717) is 40.8 Å². The Kier molecular flexibility index (Phi) is 21.5. The number of H-pyrrole nitrogens is 1. The maximum absolute atomic E-state index is 17.1. The number of aryl methyl sites for hydroxylation is 1. The van der Waals surface area contributed by atoms with E-state index in [4.69, 9.17) is 33.4 Å². The van der Waals surface area contributed by atoms with E-state index >= 15 is 22.4 Å². The second-order valence-corrected chi connectivity index (χ2v) is 33.5. The molecule has 0 aliphatic heterocycles. The van der Waals surface area contributed by atoms with Gasteiger partial charge in [-0.3, -0.25) is 22.8 Å². The van der Waals surface area contributed by atoms with E-state index in [1.165, 1.54) is 107 Å². The molecule has 1 aliphatic rings. The third-order valence-corrected chi connectivity index (χ3v) is 22.0. The number of nitrogens with one attached hydrogen (secondary N) is 1. The summed E-state index contributed by atoms with van der Waals surface area (Å²) in [5.74, 6) is -1.69. The van der Waals surface area contributed by atoms with E-state index in [1.807, 2.05) is 0 Å². The minimum atomic E-state index is -4.96. The molecule has 1 aliphatic carbocycles. The average molecular weight is 1570 g/mol. The monoisotopic (exact) mass is 1570 g/mol. The molecule has 3 atom stereocenters. The minimum Gasteiger partial charge on any atom is -0.493 e. The van der Waals surface area contributed by atoms with E-state index in [2.05, 4.69) is 15.0 Å². The molecule has 0 bridgehead atoms. The van der Waals surface area contributed by atoms with Crippen LogP contribution in [0.5, 0.6) is 34.5 Å². The lowest BCUT2D eigenvalue weighted by Gasteiger charge is -2.21. The van der Waals surface area contributed by atoms with Crippen LogP contribution < -0.4 is 45.5 Å². The van der Waals surface area contributed by atoms with Crippen molar-refractivity contribution in [3.8, 4) is 67.9 Å². The molecular formula is C78H76F5N9O15S3. The van der Waals surface area contributed by atoms with Crippen LogP contribution in [-0.4, -0.2) is 145 Å². The van der Waals surface area contributed by atoms with E-state index in [1.54, 1.807) is 98.8 Å². The molecule has 0 radical (unpaired) electrons. The summed E-state index contributed by atoms with van der Waals surface area (Å²) in [7, 11) is -7.35. The van der Waals surface area contributed by atoms with Crippen LogP contribution in [0.1, 0.15) is 84.2 Å². The Balaban J connectivity index is 0.763. The molecule has 110 heavy (non-hydrogen) atoms. The van der Waals surface area contributed by atoms with Crippen molar-refractivity contribution in [1.29, 1.82) is 0 Å². The van der Waals surface area contributed by atoms with Crippen molar-refractivity contribution in [2.75, 3.05) is 77.2 Å². The fraction of sp³-hybridized carbons (Fsp3) is 0.308. The molecule has 576 valence electrons. The molecule has 13 rings (SSSR count). The molecule has 1 fully saturated rings. The molecule has 0 unspecified atom stereocenters. The van der Waals surface area contributed by atoms with E-state index in [-0.39, 0.29) is 146 Å². The summed E-state index contributed by atoms with van der Waals surface area (Å²) in [4.78, 5) is 59.7. The summed E-state index contributed by atoms with van der Waals surface area (Å²) >= 11 is 0. The zero-order chi connectivity index (χ0) is 78.5. The van der Waals surface area contributed by atoms with Crippen molar-refractivity contribution < 1.29 is 75.6 Å². The van der Waals surface area contributed by atoms with Crippen LogP contribution in [0.3, 0.4) is 0 Å². The maximum atomic E-state index is 17.1. The van der Waals surface area contributed by atoms with Crippen LogP contribution >= 0.6 is 0 Å². The lowest BCUT2D eigenvalue weighted by atomic mass is 9.94. The third-order valence-electron chi connectivity index (χ3n) is 19.2. The van der Waals surface area contributed by atoms with E-state index in [0.717, 1.165) is 23.3 Å². The van der Waals surface area contributed by atoms with Crippen LogP contribution in [0.15, 0.2) is 166 Å². The average Bonchev–Trinajstić information content (AvgIpc) is 1.58. The number of rotatable bonds is 30. The van der Waals surface area contributed by atoms with Crippen molar-refractivity contribution in [3.05, 3.63) is 229 Å². The molecule has 1 saturated carbocycles. The first-order valence-corrected chi connectivity index (χ1v) is 41.1. The van der Waals surface area contributed by atoms with Gasteiger partial charge in [-0.1, -0.05) is 72.8 Å². The molecule has 6 heterocycles. The Bertz CT molecular complexity index is 6130. The number of ether oxygens (including phenoxy) is 6.